The lowest BCUT2D eigenvalue weighted by Crippen LogP contribution is -2.40. The number of Topliss-reactive ketones (excluding diaryl/α,β-unsaturated/α-hetero) is 1. The van der Waals surface area contributed by atoms with Crippen molar-refractivity contribution in [2.75, 3.05) is 44.3 Å². The van der Waals surface area contributed by atoms with E-state index in [9.17, 15) is 9.59 Å². The summed E-state index contributed by atoms with van der Waals surface area (Å²) >= 11 is 0. The second kappa shape index (κ2) is 7.75. The monoisotopic (exact) mass is 331 g/mol. The molecule has 130 valence electrons. The van der Waals surface area contributed by atoms with Gasteiger partial charge in [-0.3, -0.25) is 9.59 Å². The van der Waals surface area contributed by atoms with Gasteiger partial charge in [-0.25, -0.2) is 4.98 Å². The minimum absolute atomic E-state index is 0.0261. The number of carbonyl (C=O) groups is 2. The molecule has 0 unspecified atom stereocenters. The first kappa shape index (κ1) is 16.9. The van der Waals surface area contributed by atoms with E-state index in [-0.39, 0.29) is 17.6 Å². The number of aromatic nitrogens is 1. The molecule has 2 aliphatic heterocycles. The van der Waals surface area contributed by atoms with Crippen LogP contribution in [0.3, 0.4) is 0 Å². The van der Waals surface area contributed by atoms with Crippen LogP contribution in [0, 0.1) is 5.92 Å². The number of pyridine rings is 1. The van der Waals surface area contributed by atoms with Crippen LogP contribution in [0.1, 0.15) is 36.5 Å². The molecule has 0 aromatic carbocycles. The van der Waals surface area contributed by atoms with Gasteiger partial charge in [0.15, 0.2) is 5.78 Å². The van der Waals surface area contributed by atoms with Crippen molar-refractivity contribution in [1.29, 1.82) is 0 Å². The Kier molecular flexibility index (Phi) is 5.45. The number of ketones is 1. The van der Waals surface area contributed by atoms with Crippen LogP contribution < -0.4 is 4.90 Å². The van der Waals surface area contributed by atoms with Gasteiger partial charge in [0.05, 0.1) is 0 Å². The third-order valence-electron chi connectivity index (χ3n) is 4.86. The van der Waals surface area contributed by atoms with Crippen molar-refractivity contribution in [1.82, 2.24) is 9.88 Å². The molecule has 0 radical (unpaired) electrons. The number of hydrogen-bond acceptors (Lipinski definition) is 5. The van der Waals surface area contributed by atoms with Crippen molar-refractivity contribution in [2.24, 2.45) is 5.92 Å². The molecular formula is C18H25N3O3. The maximum atomic E-state index is 12.7. The van der Waals surface area contributed by atoms with Gasteiger partial charge in [-0.15, -0.1) is 0 Å². The Bertz CT molecular complexity index is 582. The highest BCUT2D eigenvalue weighted by molar-refractivity contribution is 5.93. The van der Waals surface area contributed by atoms with Crippen LogP contribution in [-0.4, -0.2) is 61.0 Å². The molecule has 3 rings (SSSR count). The van der Waals surface area contributed by atoms with E-state index < -0.39 is 0 Å². The Morgan fingerprint density at radius 2 is 1.92 bits per heavy atom. The van der Waals surface area contributed by atoms with E-state index in [0.717, 1.165) is 51.3 Å². The van der Waals surface area contributed by atoms with E-state index >= 15 is 0 Å². The predicted molar refractivity (Wildman–Crippen MR) is 91.2 cm³/mol. The molecule has 1 aromatic rings. The molecule has 6 nitrogen and oxygen atoms in total. The smallest absolute Gasteiger partial charge is 0.225 e. The van der Waals surface area contributed by atoms with Crippen LogP contribution in [0.2, 0.25) is 0 Å². The second-order valence-electron chi connectivity index (χ2n) is 6.51. The maximum Gasteiger partial charge on any atom is 0.225 e. The number of rotatable bonds is 3. The highest BCUT2D eigenvalue weighted by Gasteiger charge is 2.27. The molecule has 2 aliphatic rings. The highest BCUT2D eigenvalue weighted by Crippen LogP contribution is 2.20. The standard InChI is InChI=1S/C18H25N3O3/c1-14(22)16-3-4-17(19-13-16)20-7-2-8-21(10-9-20)18(23)15-5-11-24-12-6-15/h3-4,13,15H,2,5-12H2,1H3. The van der Waals surface area contributed by atoms with Crippen molar-refractivity contribution in [2.45, 2.75) is 26.2 Å². The number of amides is 1. The van der Waals surface area contributed by atoms with Crippen molar-refractivity contribution >= 4 is 17.5 Å². The fourth-order valence-corrected chi connectivity index (χ4v) is 3.35. The van der Waals surface area contributed by atoms with E-state index in [0.29, 0.717) is 18.8 Å². The fourth-order valence-electron chi connectivity index (χ4n) is 3.35. The summed E-state index contributed by atoms with van der Waals surface area (Å²) in [6.45, 7) is 6.13. The van der Waals surface area contributed by atoms with Gasteiger partial charge in [0, 0.05) is 57.1 Å². The van der Waals surface area contributed by atoms with Gasteiger partial charge in [0.1, 0.15) is 5.82 Å². The normalized spacial score (nSPS) is 19.9. The first-order chi connectivity index (χ1) is 11.6. The van der Waals surface area contributed by atoms with Crippen molar-refractivity contribution in [3.05, 3.63) is 23.9 Å². The molecule has 6 heteroatoms. The van der Waals surface area contributed by atoms with Crippen LogP contribution >= 0.6 is 0 Å². The van der Waals surface area contributed by atoms with Crippen molar-refractivity contribution in [3.8, 4) is 0 Å². The Hall–Kier alpha value is -1.95. The Morgan fingerprint density at radius 1 is 1.12 bits per heavy atom. The lowest BCUT2D eigenvalue weighted by molar-refractivity contribution is -0.138. The molecule has 24 heavy (non-hydrogen) atoms. The molecule has 0 saturated carbocycles. The number of hydrogen-bond donors (Lipinski definition) is 0. The minimum Gasteiger partial charge on any atom is -0.381 e. The first-order valence-electron chi connectivity index (χ1n) is 8.73. The molecule has 0 spiro atoms. The van der Waals surface area contributed by atoms with Gasteiger partial charge in [-0.1, -0.05) is 0 Å². The predicted octanol–water partition coefficient (Wildman–Crippen LogP) is 1.75. The van der Waals surface area contributed by atoms with E-state index in [1.807, 2.05) is 17.0 Å². The summed E-state index contributed by atoms with van der Waals surface area (Å²) in [4.78, 5) is 32.6. The molecule has 0 aliphatic carbocycles. The number of nitrogens with zero attached hydrogens (tertiary/aromatic N) is 3. The third-order valence-corrected chi connectivity index (χ3v) is 4.86. The van der Waals surface area contributed by atoms with Crippen LogP contribution in [0.25, 0.3) is 0 Å². The number of ether oxygens (including phenoxy) is 1. The molecule has 0 atom stereocenters. The average molecular weight is 331 g/mol. The SMILES string of the molecule is CC(=O)c1ccc(N2CCCN(C(=O)C3CCOCC3)CC2)nc1. The maximum absolute atomic E-state index is 12.7. The summed E-state index contributed by atoms with van der Waals surface area (Å²) in [7, 11) is 0. The summed E-state index contributed by atoms with van der Waals surface area (Å²) in [5.41, 5.74) is 0.630. The zero-order valence-corrected chi connectivity index (χ0v) is 14.2. The van der Waals surface area contributed by atoms with E-state index in [4.69, 9.17) is 4.74 Å². The zero-order valence-electron chi connectivity index (χ0n) is 14.2. The van der Waals surface area contributed by atoms with Crippen molar-refractivity contribution < 1.29 is 14.3 Å². The summed E-state index contributed by atoms with van der Waals surface area (Å²) in [6, 6.07) is 3.72. The Labute approximate surface area is 142 Å². The molecule has 2 fully saturated rings. The zero-order chi connectivity index (χ0) is 16.9. The van der Waals surface area contributed by atoms with Crippen LogP contribution in [-0.2, 0) is 9.53 Å². The molecule has 1 amide bonds. The molecule has 0 N–H and O–H groups in total. The molecule has 3 heterocycles. The molecular weight excluding hydrogens is 306 g/mol. The van der Waals surface area contributed by atoms with Crippen LogP contribution in [0.15, 0.2) is 18.3 Å². The lowest BCUT2D eigenvalue weighted by Gasteiger charge is -2.28. The van der Waals surface area contributed by atoms with Gasteiger partial charge >= 0.3 is 0 Å². The van der Waals surface area contributed by atoms with Gasteiger partial charge in [-0.2, -0.15) is 0 Å². The highest BCUT2D eigenvalue weighted by atomic mass is 16.5. The van der Waals surface area contributed by atoms with E-state index in [2.05, 4.69) is 9.88 Å². The quantitative estimate of drug-likeness (QED) is 0.790. The van der Waals surface area contributed by atoms with Gasteiger partial charge < -0.3 is 14.5 Å². The Morgan fingerprint density at radius 3 is 2.58 bits per heavy atom. The topological polar surface area (TPSA) is 62.7 Å². The third kappa shape index (κ3) is 3.93. The van der Waals surface area contributed by atoms with Gasteiger partial charge in [-0.05, 0) is 38.3 Å². The van der Waals surface area contributed by atoms with Gasteiger partial charge in [0.25, 0.3) is 0 Å². The minimum atomic E-state index is 0.0261. The van der Waals surface area contributed by atoms with Crippen molar-refractivity contribution in [3.63, 3.8) is 0 Å². The molecule has 1 aromatic heterocycles. The van der Waals surface area contributed by atoms with Crippen LogP contribution in [0.5, 0.6) is 0 Å². The lowest BCUT2D eigenvalue weighted by atomic mass is 9.98. The number of anilines is 1. The summed E-state index contributed by atoms with van der Waals surface area (Å²) in [5, 5.41) is 0. The molecule has 0 bridgehead atoms. The largest absolute Gasteiger partial charge is 0.381 e. The molecule has 2 saturated heterocycles. The number of carbonyl (C=O) groups excluding carboxylic acids is 2. The van der Waals surface area contributed by atoms with E-state index in [1.165, 1.54) is 0 Å². The van der Waals surface area contributed by atoms with Gasteiger partial charge in [0.2, 0.25) is 5.91 Å². The average Bonchev–Trinajstić information content (AvgIpc) is 2.88. The first-order valence-corrected chi connectivity index (χ1v) is 8.73. The van der Waals surface area contributed by atoms with E-state index in [1.54, 1.807) is 13.1 Å². The fraction of sp³-hybridized carbons (Fsp3) is 0.611. The second-order valence-corrected chi connectivity index (χ2v) is 6.51. The van der Waals surface area contributed by atoms with Crippen LogP contribution in [0.4, 0.5) is 5.82 Å². The summed E-state index contributed by atoms with van der Waals surface area (Å²) in [5.74, 6) is 1.30. The summed E-state index contributed by atoms with van der Waals surface area (Å²) < 4.78 is 5.35. The Balaban J connectivity index is 1.60. The summed E-state index contributed by atoms with van der Waals surface area (Å²) in [6.07, 6.45) is 4.25.